The number of nitrogens with zero attached hydrogens (tertiary/aromatic N) is 1. The third kappa shape index (κ3) is 5.53. The average Bonchev–Trinajstić information content (AvgIpc) is 3.13. The van der Waals surface area contributed by atoms with E-state index in [2.05, 4.69) is 15.8 Å². The molecule has 3 N–H and O–H groups in total. The molecule has 0 aliphatic rings. The molecule has 2 atom stereocenters. The molecule has 3 aromatic rings. The van der Waals surface area contributed by atoms with Crippen LogP contribution in [0.2, 0.25) is 0 Å². The molecule has 0 spiro atoms. The predicted molar refractivity (Wildman–Crippen MR) is 116 cm³/mol. The molecule has 2 unspecified atom stereocenters. The van der Waals surface area contributed by atoms with E-state index < -0.39 is 35.9 Å². The lowest BCUT2D eigenvalue weighted by Gasteiger charge is -2.15. The molecule has 172 valence electrons. The molecule has 33 heavy (non-hydrogen) atoms. The summed E-state index contributed by atoms with van der Waals surface area (Å²) in [6.07, 6.45) is -1.65. The first-order valence-corrected chi connectivity index (χ1v) is 9.99. The molecule has 0 saturated heterocycles. The van der Waals surface area contributed by atoms with Crippen molar-refractivity contribution in [3.05, 3.63) is 71.2 Å². The zero-order valence-electron chi connectivity index (χ0n) is 18.1. The quantitative estimate of drug-likeness (QED) is 0.484. The van der Waals surface area contributed by atoms with E-state index in [9.17, 15) is 18.8 Å². The van der Waals surface area contributed by atoms with Crippen LogP contribution in [0.25, 0.3) is 11.3 Å². The van der Waals surface area contributed by atoms with E-state index in [1.165, 1.54) is 31.2 Å². The Bertz CT molecular complexity index is 1180. The van der Waals surface area contributed by atoms with Crippen LogP contribution in [0, 0.1) is 12.7 Å². The van der Waals surface area contributed by atoms with Gasteiger partial charge in [0.05, 0.1) is 0 Å². The predicted octanol–water partition coefficient (Wildman–Crippen LogP) is 4.30. The van der Waals surface area contributed by atoms with Gasteiger partial charge in [0.1, 0.15) is 29.3 Å². The largest absolute Gasteiger partial charge is 0.480 e. The summed E-state index contributed by atoms with van der Waals surface area (Å²) in [4.78, 5) is 35.5. The number of aryl methyl sites for hydroxylation is 1. The lowest BCUT2D eigenvalue weighted by Crippen LogP contribution is -2.38. The Labute approximate surface area is 188 Å². The Balaban J connectivity index is 1.73. The highest BCUT2D eigenvalue weighted by Gasteiger charge is 2.21. The lowest BCUT2D eigenvalue weighted by molar-refractivity contribution is -0.138. The minimum absolute atomic E-state index is 0.230. The molecule has 0 bridgehead atoms. The normalized spacial score (nSPS) is 12.5. The van der Waals surface area contributed by atoms with E-state index >= 15 is 0 Å². The Morgan fingerprint density at radius 2 is 1.76 bits per heavy atom. The first-order chi connectivity index (χ1) is 15.7. The van der Waals surface area contributed by atoms with Crippen molar-refractivity contribution in [2.45, 2.75) is 32.9 Å². The SMILES string of the molecule is Cc1noc(-c2ccc(C(=O)NC(C)C(=O)O)cc2)c1NC(=O)OC(C)c1ccccc1F. The second-order valence-electron chi connectivity index (χ2n) is 7.28. The van der Waals surface area contributed by atoms with Gasteiger partial charge in [-0.15, -0.1) is 0 Å². The number of carboxylic acids is 1. The van der Waals surface area contributed by atoms with Crippen LogP contribution in [0.5, 0.6) is 0 Å². The molecule has 10 heteroatoms. The van der Waals surface area contributed by atoms with Crippen LogP contribution in [0.3, 0.4) is 0 Å². The number of rotatable bonds is 7. The Kier molecular flexibility index (Phi) is 7.07. The van der Waals surface area contributed by atoms with E-state index in [-0.39, 0.29) is 22.6 Å². The Morgan fingerprint density at radius 3 is 2.39 bits per heavy atom. The van der Waals surface area contributed by atoms with Crippen LogP contribution in [-0.4, -0.2) is 34.3 Å². The van der Waals surface area contributed by atoms with Crippen molar-refractivity contribution < 1.29 is 33.1 Å². The molecular formula is C23H22FN3O6. The maximum absolute atomic E-state index is 13.9. The molecular weight excluding hydrogens is 433 g/mol. The molecule has 2 aromatic carbocycles. The van der Waals surface area contributed by atoms with Crippen molar-refractivity contribution in [3.63, 3.8) is 0 Å². The molecule has 0 fully saturated rings. The van der Waals surface area contributed by atoms with Gasteiger partial charge in [-0.25, -0.2) is 9.18 Å². The van der Waals surface area contributed by atoms with Crippen LogP contribution >= 0.6 is 0 Å². The van der Waals surface area contributed by atoms with Crippen molar-refractivity contribution >= 4 is 23.7 Å². The highest BCUT2D eigenvalue weighted by Crippen LogP contribution is 2.31. The van der Waals surface area contributed by atoms with Gasteiger partial charge in [0.15, 0.2) is 5.76 Å². The maximum atomic E-state index is 13.9. The van der Waals surface area contributed by atoms with Crippen LogP contribution < -0.4 is 10.6 Å². The van der Waals surface area contributed by atoms with Crippen LogP contribution in [-0.2, 0) is 9.53 Å². The fraction of sp³-hybridized carbons (Fsp3) is 0.217. The number of aliphatic carboxylic acids is 1. The topological polar surface area (TPSA) is 131 Å². The number of benzene rings is 2. The fourth-order valence-electron chi connectivity index (χ4n) is 2.99. The summed E-state index contributed by atoms with van der Waals surface area (Å²) in [5.41, 5.74) is 1.64. The van der Waals surface area contributed by atoms with E-state index in [0.29, 0.717) is 11.3 Å². The zero-order chi connectivity index (χ0) is 24.1. The van der Waals surface area contributed by atoms with Crippen LogP contribution in [0.1, 0.15) is 41.6 Å². The molecule has 0 aliphatic carbocycles. The number of carbonyl (C=O) groups is 3. The summed E-state index contributed by atoms with van der Waals surface area (Å²) in [6, 6.07) is 11.1. The standard InChI is InChI=1S/C23H22FN3O6/c1-12-19(26-23(31)32-14(3)17-6-4-5-7-18(17)24)20(33-27-12)15-8-10-16(11-9-15)21(28)25-13(2)22(29)30/h4-11,13-14H,1-3H3,(H,25,28)(H,26,31)(H,29,30). The summed E-state index contributed by atoms with van der Waals surface area (Å²) < 4.78 is 24.5. The molecule has 0 saturated carbocycles. The summed E-state index contributed by atoms with van der Waals surface area (Å²) in [7, 11) is 0. The molecule has 3 rings (SSSR count). The van der Waals surface area contributed by atoms with Crippen LogP contribution in [0.4, 0.5) is 14.9 Å². The van der Waals surface area contributed by atoms with Gasteiger partial charge in [-0.05, 0) is 39.0 Å². The van der Waals surface area contributed by atoms with Crippen molar-refractivity contribution in [3.8, 4) is 11.3 Å². The number of ether oxygens (including phenoxy) is 1. The minimum Gasteiger partial charge on any atom is -0.480 e. The van der Waals surface area contributed by atoms with Gasteiger partial charge in [-0.3, -0.25) is 14.9 Å². The summed E-state index contributed by atoms with van der Waals surface area (Å²) >= 11 is 0. The van der Waals surface area contributed by atoms with Crippen molar-refractivity contribution in [2.75, 3.05) is 5.32 Å². The number of halogens is 1. The number of hydrogen-bond donors (Lipinski definition) is 3. The first-order valence-electron chi connectivity index (χ1n) is 9.99. The van der Waals surface area contributed by atoms with Gasteiger partial charge < -0.3 is 19.7 Å². The number of nitrogens with one attached hydrogen (secondary N) is 2. The van der Waals surface area contributed by atoms with E-state index in [0.717, 1.165) is 0 Å². The minimum atomic E-state index is -1.15. The third-order valence-electron chi connectivity index (χ3n) is 4.84. The number of amides is 2. The lowest BCUT2D eigenvalue weighted by atomic mass is 10.1. The molecule has 1 heterocycles. The molecule has 9 nitrogen and oxygen atoms in total. The van der Waals surface area contributed by atoms with Crippen molar-refractivity contribution in [2.24, 2.45) is 0 Å². The van der Waals surface area contributed by atoms with Crippen LogP contribution in [0.15, 0.2) is 53.1 Å². The highest BCUT2D eigenvalue weighted by molar-refractivity contribution is 5.97. The summed E-state index contributed by atoms with van der Waals surface area (Å²) in [5, 5.41) is 17.7. The van der Waals surface area contributed by atoms with E-state index in [1.54, 1.807) is 38.1 Å². The second-order valence-corrected chi connectivity index (χ2v) is 7.28. The number of aromatic nitrogens is 1. The number of carbonyl (C=O) groups excluding carboxylic acids is 2. The van der Waals surface area contributed by atoms with E-state index in [1.807, 2.05) is 0 Å². The van der Waals surface area contributed by atoms with Gasteiger partial charge in [-0.2, -0.15) is 0 Å². The molecule has 0 aliphatic heterocycles. The summed E-state index contributed by atoms with van der Waals surface area (Å²) in [5.74, 6) is -1.95. The van der Waals surface area contributed by atoms with Gasteiger partial charge in [0, 0.05) is 16.7 Å². The highest BCUT2D eigenvalue weighted by atomic mass is 19.1. The van der Waals surface area contributed by atoms with Crippen molar-refractivity contribution in [1.29, 1.82) is 0 Å². The number of anilines is 1. The molecule has 2 amide bonds. The first kappa shape index (κ1) is 23.5. The summed E-state index contributed by atoms with van der Waals surface area (Å²) in [6.45, 7) is 4.53. The average molecular weight is 455 g/mol. The number of carboxylic acid groups (broad SMARTS) is 1. The van der Waals surface area contributed by atoms with Crippen molar-refractivity contribution in [1.82, 2.24) is 10.5 Å². The second kappa shape index (κ2) is 9.94. The third-order valence-corrected chi connectivity index (χ3v) is 4.84. The van der Waals surface area contributed by atoms with E-state index in [4.69, 9.17) is 14.4 Å². The zero-order valence-corrected chi connectivity index (χ0v) is 18.1. The molecule has 1 aromatic heterocycles. The van der Waals surface area contributed by atoms with Gasteiger partial charge >= 0.3 is 12.1 Å². The monoisotopic (exact) mass is 455 g/mol. The van der Waals surface area contributed by atoms with Gasteiger partial charge in [-0.1, -0.05) is 35.5 Å². The fourth-order valence-corrected chi connectivity index (χ4v) is 2.99. The Morgan fingerprint density at radius 1 is 1.09 bits per heavy atom. The Hall–Kier alpha value is -4.21. The van der Waals surface area contributed by atoms with Gasteiger partial charge in [0.2, 0.25) is 0 Å². The number of hydrogen-bond acceptors (Lipinski definition) is 6. The van der Waals surface area contributed by atoms with Gasteiger partial charge in [0.25, 0.3) is 5.91 Å². The smallest absolute Gasteiger partial charge is 0.412 e. The maximum Gasteiger partial charge on any atom is 0.412 e. The molecule has 0 radical (unpaired) electrons.